The molecule has 1 aromatic carbocycles. The number of carbonyl (C=O) groups excluding carboxylic acids is 2. The van der Waals surface area contributed by atoms with Gasteiger partial charge in [-0.15, -0.1) is 10.2 Å². The Balaban J connectivity index is 1.30. The zero-order valence-corrected chi connectivity index (χ0v) is 17.3. The Morgan fingerprint density at radius 1 is 0.939 bits per heavy atom. The van der Waals surface area contributed by atoms with Gasteiger partial charge in [-0.3, -0.25) is 9.20 Å². The Labute approximate surface area is 185 Å². The molecule has 0 atom stereocenters. The molecule has 0 spiro atoms. The number of piperazine rings is 1. The summed E-state index contributed by atoms with van der Waals surface area (Å²) in [5.74, 6) is -0.319. The number of pyridine rings is 1. The molecule has 1 saturated heterocycles. The standard InChI is InChI=1S/C21H20F4N6O2/c22-16-4-1-14(2-5-16)11-19(32)29-7-9-30(10-8-29)20(33)26-12-18-28-27-17-6-3-15(13-31(17)18)21(23,24)25/h1-6,13H,7-12H2,(H,26,33). The number of hydrogen-bond acceptors (Lipinski definition) is 4. The number of amides is 3. The summed E-state index contributed by atoms with van der Waals surface area (Å²) in [5, 5.41) is 10.3. The van der Waals surface area contributed by atoms with Crippen molar-refractivity contribution in [3.63, 3.8) is 0 Å². The third-order valence-electron chi connectivity index (χ3n) is 5.39. The monoisotopic (exact) mass is 464 g/mol. The number of benzene rings is 1. The van der Waals surface area contributed by atoms with Crippen molar-refractivity contribution in [3.8, 4) is 0 Å². The van der Waals surface area contributed by atoms with Gasteiger partial charge in [0.25, 0.3) is 0 Å². The first kappa shape index (κ1) is 22.5. The highest BCUT2D eigenvalue weighted by Gasteiger charge is 2.31. The second-order valence-electron chi connectivity index (χ2n) is 7.59. The van der Waals surface area contributed by atoms with Crippen LogP contribution in [0.2, 0.25) is 0 Å². The fourth-order valence-electron chi connectivity index (χ4n) is 3.54. The molecule has 4 rings (SSSR count). The molecule has 174 valence electrons. The molecular formula is C21H20F4N6O2. The van der Waals surface area contributed by atoms with Crippen LogP contribution >= 0.6 is 0 Å². The highest BCUT2D eigenvalue weighted by molar-refractivity contribution is 5.79. The van der Waals surface area contributed by atoms with Crippen LogP contribution in [0.15, 0.2) is 42.6 Å². The summed E-state index contributed by atoms with van der Waals surface area (Å²) < 4.78 is 53.1. The number of urea groups is 1. The zero-order chi connectivity index (χ0) is 23.6. The first-order valence-electron chi connectivity index (χ1n) is 10.2. The van der Waals surface area contributed by atoms with Gasteiger partial charge in [0.05, 0.1) is 18.5 Å². The minimum Gasteiger partial charge on any atom is -0.339 e. The Morgan fingerprint density at radius 2 is 1.61 bits per heavy atom. The molecular weight excluding hydrogens is 444 g/mol. The van der Waals surface area contributed by atoms with Gasteiger partial charge in [0.1, 0.15) is 5.82 Å². The van der Waals surface area contributed by atoms with Gasteiger partial charge >= 0.3 is 12.2 Å². The zero-order valence-electron chi connectivity index (χ0n) is 17.3. The van der Waals surface area contributed by atoms with E-state index in [0.717, 1.165) is 12.3 Å². The van der Waals surface area contributed by atoms with Crippen LogP contribution in [0.25, 0.3) is 5.65 Å². The van der Waals surface area contributed by atoms with Gasteiger partial charge < -0.3 is 15.1 Å². The molecule has 0 saturated carbocycles. The maximum Gasteiger partial charge on any atom is 0.417 e. The van der Waals surface area contributed by atoms with E-state index < -0.39 is 17.8 Å². The van der Waals surface area contributed by atoms with Gasteiger partial charge in [0.15, 0.2) is 11.5 Å². The van der Waals surface area contributed by atoms with Crippen LogP contribution in [0.4, 0.5) is 22.4 Å². The van der Waals surface area contributed by atoms with E-state index in [0.29, 0.717) is 31.7 Å². The van der Waals surface area contributed by atoms with Gasteiger partial charge in [-0.05, 0) is 29.8 Å². The maximum absolute atomic E-state index is 13.0. The van der Waals surface area contributed by atoms with E-state index in [1.807, 2.05) is 0 Å². The summed E-state index contributed by atoms with van der Waals surface area (Å²) >= 11 is 0. The van der Waals surface area contributed by atoms with Gasteiger partial charge in [0.2, 0.25) is 5.91 Å². The summed E-state index contributed by atoms with van der Waals surface area (Å²) in [4.78, 5) is 28.1. The van der Waals surface area contributed by atoms with Crippen molar-refractivity contribution >= 4 is 17.6 Å². The number of alkyl halides is 3. The topological polar surface area (TPSA) is 82.8 Å². The molecule has 1 aliphatic heterocycles. The van der Waals surface area contributed by atoms with Crippen molar-refractivity contribution in [1.29, 1.82) is 0 Å². The van der Waals surface area contributed by atoms with Crippen LogP contribution in [-0.2, 0) is 23.9 Å². The van der Waals surface area contributed by atoms with Crippen molar-refractivity contribution in [1.82, 2.24) is 29.7 Å². The van der Waals surface area contributed by atoms with Crippen LogP contribution in [0.3, 0.4) is 0 Å². The SMILES string of the molecule is O=C(Cc1ccc(F)cc1)N1CCN(C(=O)NCc2nnc3ccc(C(F)(F)F)cn23)CC1. The van der Waals surface area contributed by atoms with Crippen LogP contribution in [0.5, 0.6) is 0 Å². The minimum absolute atomic E-state index is 0.106. The van der Waals surface area contributed by atoms with Crippen molar-refractivity contribution in [2.75, 3.05) is 26.2 Å². The Kier molecular flexibility index (Phi) is 6.16. The number of carbonyl (C=O) groups is 2. The number of halogens is 4. The fraction of sp³-hybridized carbons (Fsp3) is 0.333. The number of rotatable bonds is 4. The third-order valence-corrected chi connectivity index (χ3v) is 5.39. The predicted molar refractivity (Wildman–Crippen MR) is 108 cm³/mol. The van der Waals surface area contributed by atoms with Crippen LogP contribution in [0.1, 0.15) is 17.0 Å². The lowest BCUT2D eigenvalue weighted by Gasteiger charge is -2.34. The normalized spacial score (nSPS) is 14.5. The van der Waals surface area contributed by atoms with E-state index in [1.54, 1.807) is 17.0 Å². The summed E-state index contributed by atoms with van der Waals surface area (Å²) in [7, 11) is 0. The smallest absolute Gasteiger partial charge is 0.339 e. The lowest BCUT2D eigenvalue weighted by Crippen LogP contribution is -2.53. The predicted octanol–water partition coefficient (Wildman–Crippen LogP) is 2.48. The molecule has 1 N–H and O–H groups in total. The molecule has 3 heterocycles. The first-order valence-corrected chi connectivity index (χ1v) is 10.2. The first-order chi connectivity index (χ1) is 15.7. The second kappa shape index (κ2) is 9.04. The minimum atomic E-state index is -4.51. The average Bonchev–Trinajstić information content (AvgIpc) is 3.21. The van der Waals surface area contributed by atoms with Gasteiger partial charge in [-0.1, -0.05) is 12.1 Å². The number of fused-ring (bicyclic) bond motifs is 1. The highest BCUT2D eigenvalue weighted by Crippen LogP contribution is 2.29. The fourth-order valence-corrected chi connectivity index (χ4v) is 3.54. The van der Waals surface area contributed by atoms with E-state index in [-0.39, 0.29) is 36.2 Å². The number of nitrogens with zero attached hydrogens (tertiary/aromatic N) is 5. The van der Waals surface area contributed by atoms with Gasteiger partial charge in [-0.25, -0.2) is 9.18 Å². The molecule has 3 amide bonds. The quantitative estimate of drug-likeness (QED) is 0.602. The van der Waals surface area contributed by atoms with E-state index in [9.17, 15) is 27.2 Å². The number of hydrogen-bond donors (Lipinski definition) is 1. The maximum atomic E-state index is 13.0. The Morgan fingerprint density at radius 3 is 2.27 bits per heavy atom. The van der Waals surface area contributed by atoms with Crippen LogP contribution in [0, 0.1) is 5.82 Å². The van der Waals surface area contributed by atoms with Crippen molar-refractivity contribution < 1.29 is 27.2 Å². The van der Waals surface area contributed by atoms with Gasteiger partial charge in [0, 0.05) is 32.4 Å². The summed E-state index contributed by atoms with van der Waals surface area (Å²) in [6, 6.07) is 7.43. The number of aromatic nitrogens is 3. The summed E-state index contributed by atoms with van der Waals surface area (Å²) in [5.41, 5.74) is 0.0973. The van der Waals surface area contributed by atoms with Crippen molar-refractivity contribution in [3.05, 3.63) is 65.4 Å². The van der Waals surface area contributed by atoms with Gasteiger partial charge in [-0.2, -0.15) is 13.2 Å². The molecule has 33 heavy (non-hydrogen) atoms. The van der Waals surface area contributed by atoms with E-state index in [2.05, 4.69) is 15.5 Å². The highest BCUT2D eigenvalue weighted by atomic mass is 19.4. The molecule has 2 aromatic heterocycles. The Bertz CT molecular complexity index is 1150. The van der Waals surface area contributed by atoms with E-state index >= 15 is 0 Å². The van der Waals surface area contributed by atoms with Crippen molar-refractivity contribution in [2.24, 2.45) is 0 Å². The molecule has 0 radical (unpaired) electrons. The molecule has 0 unspecified atom stereocenters. The Hall–Kier alpha value is -3.70. The number of nitrogens with one attached hydrogen (secondary N) is 1. The second-order valence-corrected chi connectivity index (χ2v) is 7.59. The van der Waals surface area contributed by atoms with Crippen LogP contribution in [-0.4, -0.2) is 62.5 Å². The lowest BCUT2D eigenvalue weighted by molar-refractivity contribution is -0.138. The molecule has 3 aromatic rings. The largest absolute Gasteiger partial charge is 0.417 e. The molecule has 8 nitrogen and oxygen atoms in total. The molecule has 1 fully saturated rings. The van der Waals surface area contributed by atoms with E-state index in [4.69, 9.17) is 0 Å². The van der Waals surface area contributed by atoms with Crippen LogP contribution < -0.4 is 5.32 Å². The molecule has 1 aliphatic rings. The van der Waals surface area contributed by atoms with E-state index in [1.165, 1.54) is 27.5 Å². The summed E-state index contributed by atoms with van der Waals surface area (Å²) in [6.45, 7) is 1.19. The third kappa shape index (κ3) is 5.21. The molecule has 0 bridgehead atoms. The lowest BCUT2D eigenvalue weighted by atomic mass is 10.1. The average molecular weight is 464 g/mol. The molecule has 12 heteroatoms. The summed E-state index contributed by atoms with van der Waals surface area (Å²) in [6.07, 6.45) is -3.47. The molecule has 0 aliphatic carbocycles. The van der Waals surface area contributed by atoms with Crippen molar-refractivity contribution in [2.45, 2.75) is 19.1 Å².